The van der Waals surface area contributed by atoms with E-state index < -0.39 is 0 Å². The first-order valence-electron chi connectivity index (χ1n) is 7.01. The molecule has 0 aliphatic heterocycles. The minimum absolute atomic E-state index is 0.0607. The Labute approximate surface area is 122 Å². The van der Waals surface area contributed by atoms with Crippen LogP contribution in [0.25, 0.3) is 0 Å². The van der Waals surface area contributed by atoms with Crippen LogP contribution < -0.4 is 5.32 Å². The Kier molecular flexibility index (Phi) is 2.04. The van der Waals surface area contributed by atoms with Crippen LogP contribution in [0, 0.1) is 22.2 Å². The lowest BCUT2D eigenvalue weighted by molar-refractivity contribution is -0.326. The third-order valence-electron chi connectivity index (χ3n) is 6.70. The first-order valence-corrected chi connectivity index (χ1v) is 7.80. The lowest BCUT2D eigenvalue weighted by Gasteiger charge is -2.81. The first kappa shape index (κ1) is 12.0. The van der Waals surface area contributed by atoms with Gasteiger partial charge >= 0.3 is 0 Å². The molecule has 5 aliphatic carbocycles. The average molecular weight is 320 g/mol. The number of carbonyl (C=O) groups excluding carboxylic acids is 1. The summed E-state index contributed by atoms with van der Waals surface area (Å²) in [4.78, 5) is 12.7. The number of hydrogen-bond donors (Lipinski definition) is 1. The molecule has 0 heterocycles. The maximum absolute atomic E-state index is 12.7. The van der Waals surface area contributed by atoms with Gasteiger partial charge in [0.1, 0.15) is 0 Å². The lowest BCUT2D eigenvalue weighted by Crippen LogP contribution is -2.81. The fraction of sp³-hybridized carbons (Fsp3) is 0.562. The summed E-state index contributed by atoms with van der Waals surface area (Å²) in [6, 6.07) is 7.85. The van der Waals surface area contributed by atoms with Gasteiger partial charge in [-0.2, -0.15) is 0 Å². The van der Waals surface area contributed by atoms with Crippen LogP contribution >= 0.6 is 15.9 Å². The molecule has 1 amide bonds. The second kappa shape index (κ2) is 3.25. The molecule has 2 nitrogen and oxygen atoms in total. The van der Waals surface area contributed by atoms with Crippen molar-refractivity contribution in [3.8, 4) is 0 Å². The fourth-order valence-corrected chi connectivity index (χ4v) is 5.76. The molecule has 4 atom stereocenters. The van der Waals surface area contributed by atoms with E-state index >= 15 is 0 Å². The Morgan fingerprint density at radius 1 is 1.32 bits per heavy atom. The number of nitrogens with one attached hydrogen (secondary N) is 1. The van der Waals surface area contributed by atoms with Gasteiger partial charge in [0, 0.05) is 10.2 Å². The second-order valence-electron chi connectivity index (χ2n) is 6.95. The quantitative estimate of drug-likeness (QED) is 0.869. The van der Waals surface area contributed by atoms with Crippen LogP contribution in [0.5, 0.6) is 0 Å². The van der Waals surface area contributed by atoms with Crippen molar-refractivity contribution in [1.29, 1.82) is 0 Å². The maximum Gasteiger partial charge on any atom is 0.231 e. The van der Waals surface area contributed by atoms with Crippen LogP contribution in [0.1, 0.15) is 33.1 Å². The summed E-state index contributed by atoms with van der Waals surface area (Å²) in [5.41, 5.74) is 1.55. The molecule has 2 unspecified atom stereocenters. The summed E-state index contributed by atoms with van der Waals surface area (Å²) in [6.45, 7) is 4.69. The number of rotatable bonds is 2. The van der Waals surface area contributed by atoms with Gasteiger partial charge in [0.2, 0.25) is 5.91 Å². The summed E-state index contributed by atoms with van der Waals surface area (Å²) >= 11 is 3.42. The van der Waals surface area contributed by atoms with E-state index in [9.17, 15) is 4.79 Å². The third kappa shape index (κ3) is 1.06. The summed E-state index contributed by atoms with van der Waals surface area (Å²) in [7, 11) is 0. The predicted octanol–water partition coefficient (Wildman–Crippen LogP) is 4.21. The van der Waals surface area contributed by atoms with Gasteiger partial charge in [-0.1, -0.05) is 29.8 Å². The van der Waals surface area contributed by atoms with Gasteiger partial charge in [-0.15, -0.1) is 0 Å². The molecule has 0 aromatic heterocycles. The van der Waals surface area contributed by atoms with E-state index in [4.69, 9.17) is 0 Å². The van der Waals surface area contributed by atoms with Crippen LogP contribution in [-0.2, 0) is 4.79 Å². The third-order valence-corrected chi connectivity index (χ3v) is 7.22. The number of benzene rings is 1. The number of hydrogen-bond acceptors (Lipinski definition) is 1. The molecule has 5 fully saturated rings. The molecule has 19 heavy (non-hydrogen) atoms. The van der Waals surface area contributed by atoms with Gasteiger partial charge in [-0.3, -0.25) is 4.79 Å². The molecule has 3 heteroatoms. The van der Waals surface area contributed by atoms with E-state index in [0.29, 0.717) is 11.3 Å². The van der Waals surface area contributed by atoms with Crippen LogP contribution in [-0.4, -0.2) is 5.91 Å². The van der Waals surface area contributed by atoms with E-state index in [1.807, 2.05) is 24.3 Å². The molecule has 1 N–H and O–H groups in total. The average Bonchev–Trinajstić information content (AvgIpc) is 2.76. The largest absolute Gasteiger partial charge is 0.326 e. The Morgan fingerprint density at radius 3 is 2.53 bits per heavy atom. The van der Waals surface area contributed by atoms with E-state index in [0.717, 1.165) is 16.6 Å². The van der Waals surface area contributed by atoms with E-state index in [1.165, 1.54) is 12.8 Å². The highest BCUT2D eigenvalue weighted by atomic mass is 79.9. The van der Waals surface area contributed by atoms with Crippen molar-refractivity contribution in [2.24, 2.45) is 22.2 Å². The molecule has 1 aromatic rings. The van der Waals surface area contributed by atoms with Crippen molar-refractivity contribution < 1.29 is 4.79 Å². The number of amides is 1. The van der Waals surface area contributed by atoms with Gasteiger partial charge in [0.15, 0.2) is 0 Å². The molecule has 100 valence electrons. The highest BCUT2D eigenvalue weighted by Gasteiger charge is 2.91. The monoisotopic (exact) mass is 319 g/mol. The van der Waals surface area contributed by atoms with Crippen LogP contribution in [0.4, 0.5) is 5.69 Å². The van der Waals surface area contributed by atoms with Crippen LogP contribution in [0.2, 0.25) is 0 Å². The summed E-state index contributed by atoms with van der Waals surface area (Å²) in [5, 5.41) is 3.13. The van der Waals surface area contributed by atoms with E-state index in [-0.39, 0.29) is 16.7 Å². The predicted molar refractivity (Wildman–Crippen MR) is 78.8 cm³/mol. The van der Waals surface area contributed by atoms with Crippen molar-refractivity contribution in [2.75, 3.05) is 5.32 Å². The molecule has 5 saturated carbocycles. The smallest absolute Gasteiger partial charge is 0.231 e. The van der Waals surface area contributed by atoms with Gasteiger partial charge in [0.05, 0.1) is 5.41 Å². The standard InChI is InChI=1S/C16H18BrNO/c1-14-9-16(12(14)7-8-15(14,16)2)13(19)18-11-5-3-10(17)4-6-11/h3-6,12H,7-9H2,1-2H3,(H,18,19)/t12-,14?,15+,16?/m0/s1. The van der Waals surface area contributed by atoms with Gasteiger partial charge in [-0.25, -0.2) is 0 Å². The van der Waals surface area contributed by atoms with Gasteiger partial charge in [-0.05, 0) is 60.3 Å². The molecule has 0 spiro atoms. The lowest BCUT2D eigenvalue weighted by atomic mass is 9.21. The summed E-state index contributed by atoms with van der Waals surface area (Å²) < 4.78 is 1.04. The van der Waals surface area contributed by atoms with Crippen molar-refractivity contribution in [1.82, 2.24) is 0 Å². The van der Waals surface area contributed by atoms with Crippen molar-refractivity contribution in [2.45, 2.75) is 33.1 Å². The SMILES string of the molecule is CC12CC3(C(=O)Nc4ccc(Br)cc4)[C@H]1CC[C@]23C. The normalized spacial score (nSPS) is 45.3. The van der Waals surface area contributed by atoms with Crippen molar-refractivity contribution >= 4 is 27.5 Å². The Balaban J connectivity index is 1.59. The molecule has 5 aliphatic rings. The zero-order chi connectivity index (χ0) is 13.5. The minimum atomic E-state index is -0.0607. The second-order valence-corrected chi connectivity index (χ2v) is 7.87. The zero-order valence-electron chi connectivity index (χ0n) is 11.3. The number of fused-ring (bicyclic) bond motifs is 1. The molecular weight excluding hydrogens is 302 g/mol. The van der Waals surface area contributed by atoms with Crippen LogP contribution in [0.15, 0.2) is 28.7 Å². The van der Waals surface area contributed by atoms with E-state index in [1.54, 1.807) is 0 Å². The first-order chi connectivity index (χ1) is 8.94. The molecule has 6 rings (SSSR count). The number of anilines is 1. The van der Waals surface area contributed by atoms with Crippen molar-refractivity contribution in [3.63, 3.8) is 0 Å². The Morgan fingerprint density at radius 2 is 2.00 bits per heavy atom. The van der Waals surface area contributed by atoms with Gasteiger partial charge < -0.3 is 5.32 Å². The molecule has 4 bridgehead atoms. The highest BCUT2D eigenvalue weighted by molar-refractivity contribution is 9.10. The fourth-order valence-electron chi connectivity index (χ4n) is 5.49. The maximum atomic E-state index is 12.7. The molecule has 0 saturated heterocycles. The summed E-state index contributed by atoms with van der Waals surface area (Å²) in [5.74, 6) is 0.879. The number of carbonyl (C=O) groups is 1. The van der Waals surface area contributed by atoms with Crippen LogP contribution in [0.3, 0.4) is 0 Å². The molecule has 0 radical (unpaired) electrons. The highest BCUT2D eigenvalue weighted by Crippen LogP contribution is 2.93. The minimum Gasteiger partial charge on any atom is -0.326 e. The van der Waals surface area contributed by atoms with Gasteiger partial charge in [0.25, 0.3) is 0 Å². The summed E-state index contributed by atoms with van der Waals surface area (Å²) in [6.07, 6.45) is 3.55. The molecular formula is C16H18BrNO. The molecule has 1 aromatic carbocycles. The topological polar surface area (TPSA) is 29.1 Å². The van der Waals surface area contributed by atoms with Crippen molar-refractivity contribution in [3.05, 3.63) is 28.7 Å². The Bertz CT molecular complexity index is 583. The van der Waals surface area contributed by atoms with E-state index in [2.05, 4.69) is 35.1 Å². The zero-order valence-corrected chi connectivity index (χ0v) is 12.9. The Hall–Kier alpha value is -0.830. The number of halogens is 1.